The Hall–Kier alpha value is -2.34. The molecule has 0 radical (unpaired) electrons. The van der Waals surface area contributed by atoms with Gasteiger partial charge >= 0.3 is 0 Å². The summed E-state index contributed by atoms with van der Waals surface area (Å²) >= 11 is 0. The molecule has 1 aromatic heterocycles. The van der Waals surface area contributed by atoms with E-state index in [4.69, 9.17) is 15.2 Å². The van der Waals surface area contributed by atoms with Gasteiger partial charge in [-0.15, -0.1) is 0 Å². The molecule has 0 saturated heterocycles. The molecule has 0 bridgehead atoms. The van der Waals surface area contributed by atoms with Crippen LogP contribution >= 0.6 is 0 Å². The summed E-state index contributed by atoms with van der Waals surface area (Å²) in [5.74, 6) is 2.00. The first-order valence-electron chi connectivity index (χ1n) is 6.30. The van der Waals surface area contributed by atoms with Gasteiger partial charge in [0.15, 0.2) is 0 Å². The Morgan fingerprint density at radius 2 is 2.00 bits per heavy atom. The van der Waals surface area contributed by atoms with Crippen LogP contribution in [-0.4, -0.2) is 17.1 Å². The zero-order valence-electron chi connectivity index (χ0n) is 11.5. The highest BCUT2D eigenvalue weighted by molar-refractivity contribution is 5.39. The molecule has 3 N–H and O–H groups in total. The van der Waals surface area contributed by atoms with Crippen LogP contribution in [0.25, 0.3) is 0 Å². The Kier molecular flexibility index (Phi) is 4.37. The summed E-state index contributed by atoms with van der Waals surface area (Å²) in [6, 6.07) is 6.64. The number of aryl methyl sites for hydroxylation is 1. The molecular weight excluding hydrogens is 258 g/mol. The molecule has 1 aromatic carbocycles. The molecular formula is C14H17N3O3. The summed E-state index contributed by atoms with van der Waals surface area (Å²) in [5, 5.41) is 0. The lowest BCUT2D eigenvalue weighted by atomic mass is 10.2. The van der Waals surface area contributed by atoms with Gasteiger partial charge in [-0.25, -0.2) is 0 Å². The van der Waals surface area contributed by atoms with Gasteiger partial charge in [-0.3, -0.25) is 4.79 Å². The number of aromatic amines is 1. The minimum atomic E-state index is -0.242. The lowest BCUT2D eigenvalue weighted by Crippen LogP contribution is -2.10. The number of methoxy groups -OCH3 is 1. The number of nitrogens with zero attached hydrogens (tertiary/aromatic N) is 1. The van der Waals surface area contributed by atoms with E-state index >= 15 is 0 Å². The molecule has 0 fully saturated rings. The van der Waals surface area contributed by atoms with Crippen LogP contribution in [0.15, 0.2) is 29.1 Å². The molecule has 0 atom stereocenters. The van der Waals surface area contributed by atoms with Crippen LogP contribution in [0.5, 0.6) is 17.4 Å². The van der Waals surface area contributed by atoms with E-state index < -0.39 is 0 Å². The Morgan fingerprint density at radius 3 is 2.65 bits per heavy atom. The third-order valence-electron chi connectivity index (χ3n) is 2.74. The fraction of sp³-hybridized carbons (Fsp3) is 0.286. The third kappa shape index (κ3) is 3.36. The van der Waals surface area contributed by atoms with Crippen molar-refractivity contribution in [2.75, 3.05) is 7.11 Å². The monoisotopic (exact) mass is 275 g/mol. The SMILES string of the molecule is CCc1nc(Oc2cc(CN)cc(OC)c2)cc(=O)[nH]1. The van der Waals surface area contributed by atoms with Gasteiger partial charge in [0.25, 0.3) is 5.56 Å². The predicted octanol–water partition coefficient (Wildman–Crippen LogP) is 1.59. The van der Waals surface area contributed by atoms with Gasteiger partial charge in [0, 0.05) is 19.0 Å². The number of ether oxygens (including phenoxy) is 2. The van der Waals surface area contributed by atoms with Crippen molar-refractivity contribution in [2.24, 2.45) is 5.73 Å². The number of nitrogens with one attached hydrogen (secondary N) is 1. The number of hydrogen-bond acceptors (Lipinski definition) is 5. The fourth-order valence-electron chi connectivity index (χ4n) is 1.75. The average Bonchev–Trinajstić information content (AvgIpc) is 2.46. The maximum Gasteiger partial charge on any atom is 0.254 e. The molecule has 6 nitrogen and oxygen atoms in total. The first kappa shape index (κ1) is 14.1. The predicted molar refractivity (Wildman–Crippen MR) is 75.2 cm³/mol. The number of hydrogen-bond donors (Lipinski definition) is 2. The third-order valence-corrected chi connectivity index (χ3v) is 2.74. The Morgan fingerprint density at radius 1 is 1.25 bits per heavy atom. The largest absolute Gasteiger partial charge is 0.497 e. The van der Waals surface area contributed by atoms with Gasteiger partial charge in [0.2, 0.25) is 5.88 Å². The van der Waals surface area contributed by atoms with E-state index in [0.717, 1.165) is 5.56 Å². The van der Waals surface area contributed by atoms with Crippen molar-refractivity contribution >= 4 is 0 Å². The number of aromatic nitrogens is 2. The molecule has 20 heavy (non-hydrogen) atoms. The summed E-state index contributed by atoms with van der Waals surface area (Å²) in [4.78, 5) is 18.3. The van der Waals surface area contributed by atoms with E-state index in [1.165, 1.54) is 6.07 Å². The molecule has 2 aromatic rings. The van der Waals surface area contributed by atoms with E-state index in [1.807, 2.05) is 13.0 Å². The first-order chi connectivity index (χ1) is 9.64. The van der Waals surface area contributed by atoms with Gasteiger partial charge in [-0.05, 0) is 17.7 Å². The van der Waals surface area contributed by atoms with E-state index in [1.54, 1.807) is 19.2 Å². The highest BCUT2D eigenvalue weighted by Crippen LogP contribution is 2.25. The van der Waals surface area contributed by atoms with Gasteiger partial charge in [0.1, 0.15) is 17.3 Å². The second-order valence-electron chi connectivity index (χ2n) is 4.21. The van der Waals surface area contributed by atoms with Crippen LogP contribution in [0.1, 0.15) is 18.3 Å². The molecule has 0 unspecified atom stereocenters. The van der Waals surface area contributed by atoms with Crippen LogP contribution < -0.4 is 20.8 Å². The standard InChI is InChI=1S/C14H17N3O3/c1-3-12-16-13(18)7-14(17-12)20-11-5-9(8-15)4-10(6-11)19-2/h4-7H,3,8,15H2,1-2H3,(H,16,17,18). The van der Waals surface area contributed by atoms with Crippen LogP contribution in [0, 0.1) is 0 Å². The van der Waals surface area contributed by atoms with Crippen molar-refractivity contribution in [3.8, 4) is 17.4 Å². The molecule has 0 amide bonds. The summed E-state index contributed by atoms with van der Waals surface area (Å²) in [6.45, 7) is 2.27. The quantitative estimate of drug-likeness (QED) is 0.864. The highest BCUT2D eigenvalue weighted by Gasteiger charge is 2.06. The zero-order chi connectivity index (χ0) is 14.5. The second-order valence-corrected chi connectivity index (χ2v) is 4.21. The topological polar surface area (TPSA) is 90.2 Å². The van der Waals surface area contributed by atoms with E-state index in [0.29, 0.717) is 30.3 Å². The molecule has 0 aliphatic rings. The molecule has 0 saturated carbocycles. The Labute approximate surface area is 116 Å². The summed E-state index contributed by atoms with van der Waals surface area (Å²) in [6.07, 6.45) is 0.624. The molecule has 0 aliphatic heterocycles. The number of H-pyrrole nitrogens is 1. The van der Waals surface area contributed by atoms with E-state index in [2.05, 4.69) is 9.97 Å². The summed E-state index contributed by atoms with van der Waals surface area (Å²) in [5.41, 5.74) is 6.26. The molecule has 2 rings (SSSR count). The summed E-state index contributed by atoms with van der Waals surface area (Å²) in [7, 11) is 1.57. The minimum absolute atomic E-state index is 0.242. The smallest absolute Gasteiger partial charge is 0.254 e. The van der Waals surface area contributed by atoms with Crippen LogP contribution in [0.3, 0.4) is 0 Å². The highest BCUT2D eigenvalue weighted by atomic mass is 16.5. The van der Waals surface area contributed by atoms with Crippen molar-refractivity contribution in [3.05, 3.63) is 46.0 Å². The Balaban J connectivity index is 2.33. The van der Waals surface area contributed by atoms with Crippen molar-refractivity contribution in [3.63, 3.8) is 0 Å². The van der Waals surface area contributed by atoms with Crippen molar-refractivity contribution < 1.29 is 9.47 Å². The number of rotatable bonds is 5. The molecule has 6 heteroatoms. The number of benzene rings is 1. The lowest BCUT2D eigenvalue weighted by Gasteiger charge is -2.09. The van der Waals surface area contributed by atoms with E-state index in [-0.39, 0.29) is 11.4 Å². The molecule has 0 aliphatic carbocycles. The zero-order valence-corrected chi connectivity index (χ0v) is 11.5. The van der Waals surface area contributed by atoms with Crippen LogP contribution in [-0.2, 0) is 13.0 Å². The molecule has 1 heterocycles. The second kappa shape index (κ2) is 6.21. The van der Waals surface area contributed by atoms with Crippen molar-refractivity contribution in [1.82, 2.24) is 9.97 Å². The van der Waals surface area contributed by atoms with Crippen molar-refractivity contribution in [1.29, 1.82) is 0 Å². The first-order valence-corrected chi connectivity index (χ1v) is 6.30. The minimum Gasteiger partial charge on any atom is -0.497 e. The molecule has 0 spiro atoms. The number of nitrogens with two attached hydrogens (primary N) is 1. The average molecular weight is 275 g/mol. The lowest BCUT2D eigenvalue weighted by molar-refractivity contribution is 0.406. The van der Waals surface area contributed by atoms with Gasteiger partial charge in [-0.1, -0.05) is 6.92 Å². The molecule has 106 valence electrons. The van der Waals surface area contributed by atoms with Gasteiger partial charge < -0.3 is 20.2 Å². The van der Waals surface area contributed by atoms with Crippen LogP contribution in [0.4, 0.5) is 0 Å². The van der Waals surface area contributed by atoms with Gasteiger partial charge in [-0.2, -0.15) is 4.98 Å². The van der Waals surface area contributed by atoms with E-state index in [9.17, 15) is 4.79 Å². The maximum absolute atomic E-state index is 11.5. The Bertz CT molecular complexity index is 630. The maximum atomic E-state index is 11.5. The normalized spacial score (nSPS) is 10.3. The van der Waals surface area contributed by atoms with Crippen LogP contribution in [0.2, 0.25) is 0 Å². The van der Waals surface area contributed by atoms with Crippen molar-refractivity contribution in [2.45, 2.75) is 19.9 Å². The summed E-state index contributed by atoms with van der Waals surface area (Å²) < 4.78 is 10.8. The fourth-order valence-corrected chi connectivity index (χ4v) is 1.75. The van der Waals surface area contributed by atoms with Gasteiger partial charge in [0.05, 0.1) is 13.2 Å².